The van der Waals surface area contributed by atoms with Crippen molar-refractivity contribution < 1.29 is 4.79 Å². The maximum Gasteiger partial charge on any atom is 0.328 e. The third kappa shape index (κ3) is 3.26. The van der Waals surface area contributed by atoms with E-state index in [4.69, 9.17) is 6.42 Å². The number of amides is 2. The first-order chi connectivity index (χ1) is 10.9. The molecule has 1 aromatic rings. The minimum atomic E-state index is -0.651. The van der Waals surface area contributed by atoms with Crippen LogP contribution >= 0.6 is 11.5 Å². The van der Waals surface area contributed by atoms with Gasteiger partial charge in [0, 0.05) is 12.1 Å². The number of urea groups is 1. The van der Waals surface area contributed by atoms with Crippen molar-refractivity contribution in [1.29, 1.82) is 0 Å². The molecule has 1 aromatic heterocycles. The zero-order valence-corrected chi connectivity index (χ0v) is 15.1. The molecule has 124 valence electrons. The second-order valence-electron chi connectivity index (χ2n) is 6.18. The highest BCUT2D eigenvalue weighted by atomic mass is 32.1. The molecule has 1 aliphatic rings. The fourth-order valence-electron chi connectivity index (χ4n) is 2.59. The molecule has 0 saturated carbocycles. The molecule has 0 radical (unpaired) electrons. The van der Waals surface area contributed by atoms with Crippen LogP contribution in [0.25, 0.3) is 0 Å². The van der Waals surface area contributed by atoms with Crippen molar-refractivity contribution in [3.05, 3.63) is 23.9 Å². The molecular weight excluding hydrogens is 308 g/mol. The van der Waals surface area contributed by atoms with Crippen molar-refractivity contribution in [2.45, 2.75) is 39.7 Å². The molecule has 0 atom stereocenters. The minimum Gasteiger partial charge on any atom is -0.295 e. The summed E-state index contributed by atoms with van der Waals surface area (Å²) in [7, 11) is 0. The average molecular weight is 332 g/mol. The fourth-order valence-corrected chi connectivity index (χ4v) is 3.55. The lowest BCUT2D eigenvalue weighted by atomic mass is 10.0. The average Bonchev–Trinajstić information content (AvgIpc) is 2.89. The zero-order valence-electron chi connectivity index (χ0n) is 14.3. The number of rotatable bonds is 5. The van der Waals surface area contributed by atoms with Gasteiger partial charge in [0.15, 0.2) is 0 Å². The summed E-state index contributed by atoms with van der Waals surface area (Å²) in [5.74, 6) is 2.72. The van der Waals surface area contributed by atoms with Gasteiger partial charge in [-0.25, -0.2) is 4.79 Å². The summed E-state index contributed by atoms with van der Waals surface area (Å²) >= 11 is 1.38. The molecule has 0 unspecified atom stereocenters. The Hall–Kier alpha value is -1.84. The molecule has 1 fully saturated rings. The second kappa shape index (κ2) is 6.73. The first kappa shape index (κ1) is 17.5. The van der Waals surface area contributed by atoms with Gasteiger partial charge in [-0.05, 0) is 38.7 Å². The fraction of sp³-hybridized carbons (Fsp3) is 0.529. The van der Waals surface area contributed by atoms with E-state index in [2.05, 4.69) is 28.7 Å². The monoisotopic (exact) mass is 332 g/mol. The van der Waals surface area contributed by atoms with E-state index < -0.39 is 5.54 Å². The van der Waals surface area contributed by atoms with Crippen LogP contribution in [0, 0.1) is 19.3 Å². The summed E-state index contributed by atoms with van der Waals surface area (Å²) in [6.07, 6.45) is 8.35. The van der Waals surface area contributed by atoms with Crippen LogP contribution in [0.3, 0.4) is 0 Å². The third-order valence-corrected chi connectivity index (χ3v) is 5.15. The maximum absolute atomic E-state index is 13.0. The molecule has 0 aliphatic carbocycles. The Bertz CT molecular complexity index is 644. The lowest BCUT2D eigenvalue weighted by molar-refractivity contribution is 0.0847. The number of carbonyl (C=O) groups is 1. The predicted molar refractivity (Wildman–Crippen MR) is 95.5 cm³/mol. The van der Waals surface area contributed by atoms with Crippen molar-refractivity contribution >= 4 is 22.6 Å². The Balaban J connectivity index is 2.40. The normalized spacial score (nSPS) is 16.6. The van der Waals surface area contributed by atoms with Crippen molar-refractivity contribution in [2.75, 3.05) is 24.8 Å². The number of terminal acetylenes is 1. The quantitative estimate of drug-likeness (QED) is 0.614. The lowest BCUT2D eigenvalue weighted by Crippen LogP contribution is -2.63. The number of hydrogen-bond donors (Lipinski definition) is 0. The third-order valence-electron chi connectivity index (χ3n) is 4.14. The number of aryl methyl sites for hydroxylation is 1. The molecule has 1 saturated heterocycles. The summed E-state index contributed by atoms with van der Waals surface area (Å²) < 4.78 is 4.47. The van der Waals surface area contributed by atoms with Crippen molar-refractivity contribution in [2.24, 2.45) is 0 Å². The highest BCUT2D eigenvalue weighted by Crippen LogP contribution is 2.32. The second-order valence-corrected chi connectivity index (χ2v) is 6.93. The van der Waals surface area contributed by atoms with E-state index in [-0.39, 0.29) is 6.03 Å². The molecule has 6 heteroatoms. The van der Waals surface area contributed by atoms with E-state index in [1.54, 1.807) is 9.80 Å². The maximum atomic E-state index is 13.0. The molecule has 1 aliphatic heterocycles. The molecule has 0 N–H and O–H groups in total. The highest BCUT2D eigenvalue weighted by Gasteiger charge is 2.39. The Morgan fingerprint density at radius 1 is 1.48 bits per heavy atom. The number of aromatic nitrogens is 1. The Labute approximate surface area is 142 Å². The van der Waals surface area contributed by atoms with Gasteiger partial charge in [-0.15, -0.1) is 13.0 Å². The molecule has 0 bridgehead atoms. The summed E-state index contributed by atoms with van der Waals surface area (Å²) in [6, 6.07) is -0.0670. The number of anilines is 1. The zero-order chi connectivity index (χ0) is 17.2. The molecular formula is C17H24N4OS. The number of carbonyl (C=O) groups excluding carboxylic acids is 1. The van der Waals surface area contributed by atoms with Gasteiger partial charge in [-0.2, -0.15) is 4.37 Å². The van der Waals surface area contributed by atoms with E-state index in [1.165, 1.54) is 11.5 Å². The van der Waals surface area contributed by atoms with Crippen LogP contribution in [0.4, 0.5) is 9.80 Å². The van der Waals surface area contributed by atoms with Crippen molar-refractivity contribution in [1.82, 2.24) is 14.2 Å². The molecule has 2 amide bonds. The standard InChI is InChI=1S/C17H24N4OS/c1-7-10-19-11-20(15-13(4)14(8-2)18-23-15)16(22)21(12-19)17(5,6)9-3/h3,7H,1,8,10-12H2,2,4-6H3. The number of hydrogen-bond acceptors (Lipinski definition) is 4. The van der Waals surface area contributed by atoms with E-state index >= 15 is 0 Å². The van der Waals surface area contributed by atoms with Gasteiger partial charge in [0.2, 0.25) is 0 Å². The Kier molecular flexibility index (Phi) is 5.12. The molecule has 2 rings (SSSR count). The molecule has 0 spiro atoms. The Morgan fingerprint density at radius 3 is 2.70 bits per heavy atom. The SMILES string of the molecule is C#CC(C)(C)N1CN(CC=C)CN(c2snc(CC)c2C)C1=O. The molecule has 23 heavy (non-hydrogen) atoms. The van der Waals surface area contributed by atoms with Crippen LogP contribution in [0.2, 0.25) is 0 Å². The van der Waals surface area contributed by atoms with Crippen LogP contribution < -0.4 is 4.90 Å². The van der Waals surface area contributed by atoms with Gasteiger partial charge >= 0.3 is 6.03 Å². The van der Waals surface area contributed by atoms with E-state index in [0.717, 1.165) is 22.7 Å². The number of nitrogens with zero attached hydrogens (tertiary/aromatic N) is 4. The van der Waals surface area contributed by atoms with Crippen LogP contribution in [-0.4, -0.2) is 45.6 Å². The van der Waals surface area contributed by atoms with Gasteiger partial charge in [-0.3, -0.25) is 14.7 Å². The largest absolute Gasteiger partial charge is 0.328 e. The van der Waals surface area contributed by atoms with Gasteiger partial charge < -0.3 is 0 Å². The smallest absolute Gasteiger partial charge is 0.295 e. The first-order valence-electron chi connectivity index (χ1n) is 7.71. The Morgan fingerprint density at radius 2 is 2.17 bits per heavy atom. The summed E-state index contributed by atoms with van der Waals surface area (Å²) in [5, 5.41) is 0.901. The van der Waals surface area contributed by atoms with E-state index in [1.807, 2.05) is 26.8 Å². The first-order valence-corrected chi connectivity index (χ1v) is 8.48. The summed E-state index contributed by atoms with van der Waals surface area (Å²) in [6.45, 7) is 13.4. The lowest BCUT2D eigenvalue weighted by Gasteiger charge is -2.46. The van der Waals surface area contributed by atoms with Gasteiger partial charge in [-0.1, -0.05) is 18.9 Å². The highest BCUT2D eigenvalue weighted by molar-refractivity contribution is 7.10. The van der Waals surface area contributed by atoms with Gasteiger partial charge in [0.1, 0.15) is 10.5 Å². The summed E-state index contributed by atoms with van der Waals surface area (Å²) in [5.41, 5.74) is 1.47. The van der Waals surface area contributed by atoms with Crippen molar-refractivity contribution in [3.8, 4) is 12.3 Å². The summed E-state index contributed by atoms with van der Waals surface area (Å²) in [4.78, 5) is 18.7. The topological polar surface area (TPSA) is 39.7 Å². The van der Waals surface area contributed by atoms with Crippen LogP contribution in [0.15, 0.2) is 12.7 Å². The molecule has 2 heterocycles. The van der Waals surface area contributed by atoms with Crippen LogP contribution in [-0.2, 0) is 6.42 Å². The van der Waals surface area contributed by atoms with Gasteiger partial charge in [0.05, 0.1) is 19.0 Å². The minimum absolute atomic E-state index is 0.0670. The van der Waals surface area contributed by atoms with E-state index in [9.17, 15) is 4.79 Å². The predicted octanol–water partition coefficient (Wildman–Crippen LogP) is 3.07. The van der Waals surface area contributed by atoms with Crippen molar-refractivity contribution in [3.63, 3.8) is 0 Å². The molecule has 5 nitrogen and oxygen atoms in total. The van der Waals surface area contributed by atoms with Crippen LogP contribution in [0.1, 0.15) is 32.0 Å². The molecule has 0 aromatic carbocycles. The van der Waals surface area contributed by atoms with E-state index in [0.29, 0.717) is 19.9 Å². The van der Waals surface area contributed by atoms with Crippen LogP contribution in [0.5, 0.6) is 0 Å². The van der Waals surface area contributed by atoms with Gasteiger partial charge in [0.25, 0.3) is 0 Å².